The molecule has 0 bridgehead atoms. The Bertz CT molecular complexity index is 668. The lowest BCUT2D eigenvalue weighted by Crippen LogP contribution is -2.05. The normalized spacial score (nSPS) is 10.5. The largest absolute Gasteiger partial charge is 0.492 e. The zero-order valence-corrected chi connectivity index (χ0v) is 13.5. The average molecular weight is 351 g/mol. The highest BCUT2D eigenvalue weighted by Gasteiger charge is 2.15. The molecule has 2 aromatic rings. The van der Waals surface area contributed by atoms with E-state index in [1.165, 1.54) is 12.1 Å². The number of hydrogen-bond donors (Lipinski definition) is 0. The highest BCUT2D eigenvalue weighted by atomic mass is 79.9. The van der Waals surface area contributed by atoms with E-state index < -0.39 is 5.82 Å². The van der Waals surface area contributed by atoms with Crippen molar-refractivity contribution in [2.75, 3.05) is 6.61 Å². The van der Waals surface area contributed by atoms with E-state index in [-0.39, 0.29) is 11.3 Å². The number of halogens is 2. The number of hydrogen-bond acceptors (Lipinski definition) is 2. The topological polar surface area (TPSA) is 26.3 Å². The van der Waals surface area contributed by atoms with Gasteiger partial charge in [0.2, 0.25) is 0 Å². The number of carbonyl (C=O) groups is 1. The van der Waals surface area contributed by atoms with Gasteiger partial charge in [0.1, 0.15) is 11.6 Å². The zero-order chi connectivity index (χ0) is 15.4. The summed E-state index contributed by atoms with van der Waals surface area (Å²) in [4.78, 5) is 12.4. The number of aryl methyl sites for hydroxylation is 1. The highest BCUT2D eigenvalue weighted by molar-refractivity contribution is 9.10. The van der Waals surface area contributed by atoms with E-state index >= 15 is 0 Å². The van der Waals surface area contributed by atoms with E-state index in [4.69, 9.17) is 4.74 Å². The van der Waals surface area contributed by atoms with Crippen LogP contribution in [0, 0.1) is 12.7 Å². The first-order valence-corrected chi connectivity index (χ1v) is 7.55. The number of rotatable bonds is 5. The van der Waals surface area contributed by atoms with Crippen molar-refractivity contribution < 1.29 is 13.9 Å². The predicted molar refractivity (Wildman–Crippen MR) is 84.5 cm³/mol. The van der Waals surface area contributed by atoms with Crippen LogP contribution in [-0.2, 0) is 0 Å². The van der Waals surface area contributed by atoms with Gasteiger partial charge in [-0.2, -0.15) is 0 Å². The molecular formula is C17H16BrFO2. The lowest BCUT2D eigenvalue weighted by atomic mass is 10.0. The van der Waals surface area contributed by atoms with Gasteiger partial charge in [0, 0.05) is 5.56 Å². The van der Waals surface area contributed by atoms with Crippen LogP contribution in [0.25, 0.3) is 0 Å². The highest BCUT2D eigenvalue weighted by Crippen LogP contribution is 2.27. The zero-order valence-electron chi connectivity index (χ0n) is 12.0. The van der Waals surface area contributed by atoms with Crippen molar-refractivity contribution in [1.82, 2.24) is 0 Å². The molecule has 0 spiro atoms. The van der Waals surface area contributed by atoms with Crippen LogP contribution < -0.4 is 4.74 Å². The van der Waals surface area contributed by atoms with Crippen LogP contribution in [0.4, 0.5) is 4.39 Å². The molecule has 0 N–H and O–H groups in total. The Morgan fingerprint density at radius 3 is 2.62 bits per heavy atom. The van der Waals surface area contributed by atoms with Crippen LogP contribution in [-0.4, -0.2) is 12.4 Å². The third kappa shape index (κ3) is 3.70. The molecule has 0 saturated carbocycles. The number of carbonyl (C=O) groups excluding carboxylic acids is 1. The van der Waals surface area contributed by atoms with Gasteiger partial charge in [0.05, 0.1) is 16.6 Å². The Labute approximate surface area is 132 Å². The van der Waals surface area contributed by atoms with E-state index in [0.717, 1.165) is 12.0 Å². The van der Waals surface area contributed by atoms with Crippen molar-refractivity contribution in [3.05, 3.63) is 63.4 Å². The van der Waals surface area contributed by atoms with Crippen LogP contribution in [0.2, 0.25) is 0 Å². The summed E-state index contributed by atoms with van der Waals surface area (Å²) < 4.78 is 20.1. The molecule has 2 rings (SSSR count). The van der Waals surface area contributed by atoms with Crippen molar-refractivity contribution in [2.45, 2.75) is 20.3 Å². The molecule has 0 unspecified atom stereocenters. The summed E-state index contributed by atoms with van der Waals surface area (Å²) in [5.41, 5.74) is 1.29. The van der Waals surface area contributed by atoms with E-state index in [2.05, 4.69) is 15.9 Å². The Morgan fingerprint density at radius 2 is 2.00 bits per heavy atom. The maximum atomic E-state index is 13.9. The molecule has 0 heterocycles. The summed E-state index contributed by atoms with van der Waals surface area (Å²) >= 11 is 3.38. The number of ether oxygens (including phenoxy) is 1. The number of benzene rings is 2. The smallest absolute Gasteiger partial charge is 0.196 e. The average Bonchev–Trinajstić information content (AvgIpc) is 2.45. The molecule has 0 aliphatic rings. The molecule has 0 saturated heterocycles. The van der Waals surface area contributed by atoms with E-state index in [1.54, 1.807) is 31.2 Å². The molecule has 0 radical (unpaired) electrons. The third-order valence-corrected chi connectivity index (χ3v) is 3.64. The van der Waals surface area contributed by atoms with Crippen molar-refractivity contribution in [1.29, 1.82) is 0 Å². The van der Waals surface area contributed by atoms with Gasteiger partial charge in [0.25, 0.3) is 0 Å². The van der Waals surface area contributed by atoms with E-state index in [1.807, 2.05) is 6.92 Å². The van der Waals surface area contributed by atoms with Crippen molar-refractivity contribution in [3.63, 3.8) is 0 Å². The van der Waals surface area contributed by atoms with Gasteiger partial charge in [-0.3, -0.25) is 4.79 Å². The van der Waals surface area contributed by atoms with E-state index in [0.29, 0.717) is 22.4 Å². The van der Waals surface area contributed by atoms with Crippen LogP contribution in [0.3, 0.4) is 0 Å². The first-order valence-electron chi connectivity index (χ1n) is 6.76. The van der Waals surface area contributed by atoms with E-state index in [9.17, 15) is 9.18 Å². The van der Waals surface area contributed by atoms with Gasteiger partial charge in [-0.1, -0.05) is 13.0 Å². The monoisotopic (exact) mass is 350 g/mol. The second-order valence-corrected chi connectivity index (χ2v) is 5.66. The first kappa shape index (κ1) is 15.7. The minimum absolute atomic E-state index is 0.0785. The summed E-state index contributed by atoms with van der Waals surface area (Å²) in [7, 11) is 0. The fraction of sp³-hybridized carbons (Fsp3) is 0.235. The summed E-state index contributed by atoms with van der Waals surface area (Å²) in [6.45, 7) is 4.41. The summed E-state index contributed by atoms with van der Waals surface area (Å²) in [6, 6.07) is 9.64. The van der Waals surface area contributed by atoms with Crippen LogP contribution in [0.15, 0.2) is 40.9 Å². The molecule has 110 valence electrons. The van der Waals surface area contributed by atoms with Gasteiger partial charge in [-0.15, -0.1) is 0 Å². The van der Waals surface area contributed by atoms with Gasteiger partial charge >= 0.3 is 0 Å². The Morgan fingerprint density at radius 1 is 1.24 bits per heavy atom. The molecular weight excluding hydrogens is 335 g/mol. The maximum absolute atomic E-state index is 13.9. The van der Waals surface area contributed by atoms with Crippen molar-refractivity contribution in [2.24, 2.45) is 0 Å². The SMILES string of the molecule is CCCOc1ccc(C(=O)c2ccc(C)cc2F)cc1Br. The van der Waals surface area contributed by atoms with Gasteiger partial charge in [0.15, 0.2) is 5.78 Å². The Balaban J connectivity index is 2.29. The Kier molecular flexibility index (Phi) is 5.12. The second kappa shape index (κ2) is 6.85. The van der Waals surface area contributed by atoms with Crippen LogP contribution in [0.1, 0.15) is 34.8 Å². The Hall–Kier alpha value is -1.68. The van der Waals surface area contributed by atoms with Gasteiger partial charge < -0.3 is 4.74 Å². The molecule has 4 heteroatoms. The molecule has 0 fully saturated rings. The van der Waals surface area contributed by atoms with Crippen LogP contribution >= 0.6 is 15.9 Å². The van der Waals surface area contributed by atoms with Crippen molar-refractivity contribution in [3.8, 4) is 5.75 Å². The molecule has 0 aliphatic carbocycles. The second-order valence-electron chi connectivity index (χ2n) is 4.81. The summed E-state index contributed by atoms with van der Waals surface area (Å²) in [5.74, 6) is -0.157. The lowest BCUT2D eigenvalue weighted by molar-refractivity contribution is 0.103. The van der Waals surface area contributed by atoms with Crippen molar-refractivity contribution >= 4 is 21.7 Å². The molecule has 21 heavy (non-hydrogen) atoms. The fourth-order valence-corrected chi connectivity index (χ4v) is 2.42. The standard InChI is InChI=1S/C17H16BrFO2/c1-3-8-21-16-7-5-12(10-14(16)18)17(20)13-6-4-11(2)9-15(13)19/h4-7,9-10H,3,8H2,1-2H3. The summed E-state index contributed by atoms with van der Waals surface area (Å²) in [6.07, 6.45) is 0.904. The summed E-state index contributed by atoms with van der Waals surface area (Å²) in [5, 5.41) is 0. The van der Waals surface area contributed by atoms with Gasteiger partial charge in [-0.05, 0) is 65.2 Å². The molecule has 0 atom stereocenters. The van der Waals surface area contributed by atoms with Gasteiger partial charge in [-0.25, -0.2) is 4.39 Å². The fourth-order valence-electron chi connectivity index (χ4n) is 1.93. The maximum Gasteiger partial charge on any atom is 0.196 e. The first-order chi connectivity index (χ1) is 10.0. The number of ketones is 1. The molecule has 2 aromatic carbocycles. The lowest BCUT2D eigenvalue weighted by Gasteiger charge is -2.09. The van der Waals surface area contributed by atoms with Crippen LogP contribution in [0.5, 0.6) is 5.75 Å². The quantitative estimate of drug-likeness (QED) is 0.715. The molecule has 2 nitrogen and oxygen atoms in total. The minimum Gasteiger partial charge on any atom is -0.492 e. The molecule has 0 amide bonds. The molecule has 0 aromatic heterocycles. The third-order valence-electron chi connectivity index (χ3n) is 3.02. The minimum atomic E-state index is -0.498. The predicted octanol–water partition coefficient (Wildman–Crippen LogP) is 4.92. The molecule has 0 aliphatic heterocycles.